The third-order valence-corrected chi connectivity index (χ3v) is 13.4. The average Bonchev–Trinajstić information content (AvgIpc) is 2.70. The molecule has 0 spiro atoms. The summed E-state index contributed by atoms with van der Waals surface area (Å²) in [5.74, 6) is 3.49. The second-order valence-corrected chi connectivity index (χ2v) is 14.5. The molecule has 180 valence electrons. The van der Waals surface area contributed by atoms with Gasteiger partial charge >= 0.3 is 0 Å². The summed E-state index contributed by atoms with van der Waals surface area (Å²) < 4.78 is 0. The van der Waals surface area contributed by atoms with Crippen molar-refractivity contribution in [2.75, 3.05) is 0 Å². The smallest absolute Gasteiger partial charge is 0.138 e. The predicted octanol–water partition coefficient (Wildman–Crippen LogP) is 7.20. The quantitative estimate of drug-likeness (QED) is 0.404. The second kappa shape index (κ2) is 6.73. The van der Waals surface area contributed by atoms with E-state index in [1.54, 1.807) is 5.57 Å². The first-order valence-electron chi connectivity index (χ1n) is 13.6. The topological polar surface area (TPSA) is 37.3 Å². The molecule has 5 rings (SSSR count). The third kappa shape index (κ3) is 2.55. The molecule has 0 saturated heterocycles. The van der Waals surface area contributed by atoms with E-state index in [9.17, 15) is 9.90 Å². The van der Waals surface area contributed by atoms with Crippen LogP contribution in [0.15, 0.2) is 11.6 Å². The van der Waals surface area contributed by atoms with Crippen LogP contribution < -0.4 is 0 Å². The number of aliphatic hydroxyl groups excluding tert-OH is 1. The molecular formula is C30H48O2. The zero-order valence-corrected chi connectivity index (χ0v) is 22.1. The van der Waals surface area contributed by atoms with Crippen molar-refractivity contribution in [3.8, 4) is 0 Å². The number of aliphatic hydroxyl groups is 1. The van der Waals surface area contributed by atoms with Gasteiger partial charge in [-0.05, 0) is 97.7 Å². The van der Waals surface area contributed by atoms with Gasteiger partial charge in [-0.15, -0.1) is 0 Å². The summed E-state index contributed by atoms with van der Waals surface area (Å²) in [6.45, 7) is 19.4. The van der Waals surface area contributed by atoms with Gasteiger partial charge in [0.1, 0.15) is 5.78 Å². The van der Waals surface area contributed by atoms with E-state index < -0.39 is 0 Å². The van der Waals surface area contributed by atoms with Crippen molar-refractivity contribution in [2.45, 2.75) is 113 Å². The molecule has 2 heteroatoms. The van der Waals surface area contributed by atoms with Gasteiger partial charge in [-0.25, -0.2) is 0 Å². The van der Waals surface area contributed by atoms with Crippen LogP contribution in [0.2, 0.25) is 0 Å². The Bertz CT molecular complexity index is 855. The molecule has 4 fully saturated rings. The number of hydrogen-bond acceptors (Lipinski definition) is 2. The Morgan fingerprint density at radius 1 is 0.906 bits per heavy atom. The standard InChI is InChI=1S/C30H48O2/c1-18-11-14-28(6)24(32)17-30(8)20(25(28)19(18)2)9-10-22-27(5)15-13-23(31)26(3,4)21(27)12-16-29(22,30)7/h11,19-22,24-25,32H,9-10,12-17H2,1-8H3. The van der Waals surface area contributed by atoms with Crippen LogP contribution >= 0.6 is 0 Å². The molecule has 0 aromatic rings. The van der Waals surface area contributed by atoms with E-state index in [2.05, 4.69) is 61.5 Å². The van der Waals surface area contributed by atoms with Crippen LogP contribution in [0.25, 0.3) is 0 Å². The molecule has 0 aromatic carbocycles. The molecule has 0 aromatic heterocycles. The van der Waals surface area contributed by atoms with Crippen molar-refractivity contribution in [1.82, 2.24) is 0 Å². The van der Waals surface area contributed by atoms with Crippen molar-refractivity contribution in [2.24, 2.45) is 56.7 Å². The monoisotopic (exact) mass is 440 g/mol. The van der Waals surface area contributed by atoms with E-state index in [1.807, 2.05) is 0 Å². The van der Waals surface area contributed by atoms with Crippen molar-refractivity contribution < 1.29 is 9.90 Å². The van der Waals surface area contributed by atoms with Gasteiger partial charge in [0.05, 0.1) is 6.10 Å². The lowest BCUT2D eigenvalue weighted by Gasteiger charge is -2.73. The van der Waals surface area contributed by atoms with Crippen molar-refractivity contribution in [3.05, 3.63) is 11.6 Å². The number of allylic oxidation sites excluding steroid dienone is 2. The second-order valence-electron chi connectivity index (χ2n) is 14.5. The predicted molar refractivity (Wildman–Crippen MR) is 131 cm³/mol. The highest BCUT2D eigenvalue weighted by molar-refractivity contribution is 5.85. The Labute approximate surface area is 197 Å². The maximum absolute atomic E-state index is 12.9. The highest BCUT2D eigenvalue weighted by Gasteiger charge is 2.71. The van der Waals surface area contributed by atoms with Crippen LogP contribution in [0.4, 0.5) is 0 Å². The van der Waals surface area contributed by atoms with E-state index >= 15 is 0 Å². The summed E-state index contributed by atoms with van der Waals surface area (Å²) >= 11 is 0. The maximum atomic E-state index is 12.9. The Kier molecular flexibility index (Phi) is 4.87. The van der Waals surface area contributed by atoms with Gasteiger partial charge in [-0.1, -0.05) is 60.1 Å². The summed E-state index contributed by atoms with van der Waals surface area (Å²) in [5.41, 5.74) is 2.04. The van der Waals surface area contributed by atoms with Crippen molar-refractivity contribution in [1.29, 1.82) is 0 Å². The molecule has 1 N–H and O–H groups in total. The van der Waals surface area contributed by atoms with Crippen LogP contribution in [0.1, 0.15) is 107 Å². The molecule has 0 heterocycles. The molecule has 5 aliphatic carbocycles. The van der Waals surface area contributed by atoms with E-state index in [4.69, 9.17) is 0 Å². The summed E-state index contributed by atoms with van der Waals surface area (Å²) in [5, 5.41) is 11.7. The summed E-state index contributed by atoms with van der Waals surface area (Å²) in [7, 11) is 0. The normalized spacial score (nSPS) is 56.9. The maximum Gasteiger partial charge on any atom is 0.138 e. The molecule has 32 heavy (non-hydrogen) atoms. The Balaban J connectivity index is 1.58. The minimum atomic E-state index is -0.217. The van der Waals surface area contributed by atoms with E-state index in [0.29, 0.717) is 35.4 Å². The number of rotatable bonds is 0. The largest absolute Gasteiger partial charge is 0.393 e. The summed E-state index contributed by atoms with van der Waals surface area (Å²) in [4.78, 5) is 12.9. The molecule has 0 aliphatic heterocycles. The third-order valence-electron chi connectivity index (χ3n) is 13.4. The van der Waals surface area contributed by atoms with Gasteiger partial charge in [0.2, 0.25) is 0 Å². The van der Waals surface area contributed by atoms with Gasteiger partial charge in [-0.2, -0.15) is 0 Å². The molecule has 2 nitrogen and oxygen atoms in total. The molecule has 0 radical (unpaired) electrons. The fourth-order valence-electron chi connectivity index (χ4n) is 11.1. The van der Waals surface area contributed by atoms with Crippen LogP contribution in [0, 0.1) is 56.7 Å². The molecule has 10 atom stereocenters. The van der Waals surface area contributed by atoms with Gasteiger partial charge in [0.15, 0.2) is 0 Å². The fraction of sp³-hybridized carbons (Fsp3) is 0.900. The van der Waals surface area contributed by atoms with Crippen molar-refractivity contribution >= 4 is 5.78 Å². The van der Waals surface area contributed by atoms with Gasteiger partial charge in [0, 0.05) is 17.3 Å². The first-order valence-corrected chi connectivity index (χ1v) is 13.6. The average molecular weight is 441 g/mol. The number of Topliss-reactive ketones (excluding diaryl/α,β-unsaturated/α-hetero) is 1. The van der Waals surface area contributed by atoms with E-state index in [1.165, 1.54) is 25.7 Å². The lowest BCUT2D eigenvalue weighted by molar-refractivity contribution is -0.257. The molecular weight excluding hydrogens is 392 g/mol. The Hall–Kier alpha value is -0.630. The molecule has 10 unspecified atom stereocenters. The minimum absolute atomic E-state index is 0.0205. The van der Waals surface area contributed by atoms with Crippen LogP contribution in [-0.4, -0.2) is 17.0 Å². The first-order chi connectivity index (χ1) is 14.7. The van der Waals surface area contributed by atoms with E-state index in [0.717, 1.165) is 25.7 Å². The van der Waals surface area contributed by atoms with E-state index in [-0.39, 0.29) is 33.2 Å². The Morgan fingerprint density at radius 2 is 1.59 bits per heavy atom. The van der Waals surface area contributed by atoms with Crippen molar-refractivity contribution in [3.63, 3.8) is 0 Å². The molecule has 4 saturated carbocycles. The van der Waals surface area contributed by atoms with Crippen LogP contribution in [0.3, 0.4) is 0 Å². The first kappa shape index (κ1) is 23.1. The number of ketones is 1. The van der Waals surface area contributed by atoms with Gasteiger partial charge in [-0.3, -0.25) is 4.79 Å². The summed E-state index contributed by atoms with van der Waals surface area (Å²) in [6, 6.07) is 0. The lowest BCUT2D eigenvalue weighted by atomic mass is 9.31. The number of fused-ring (bicyclic) bond motifs is 7. The Morgan fingerprint density at radius 3 is 2.28 bits per heavy atom. The summed E-state index contributed by atoms with van der Waals surface area (Å²) in [6.07, 6.45) is 11.1. The zero-order valence-electron chi connectivity index (χ0n) is 22.1. The van der Waals surface area contributed by atoms with Gasteiger partial charge in [0.25, 0.3) is 0 Å². The zero-order chi connectivity index (χ0) is 23.5. The van der Waals surface area contributed by atoms with Crippen LogP contribution in [0.5, 0.6) is 0 Å². The highest BCUT2D eigenvalue weighted by atomic mass is 16.3. The number of carbonyl (C=O) groups excluding carboxylic acids is 1. The highest BCUT2D eigenvalue weighted by Crippen LogP contribution is 2.76. The molecule has 5 aliphatic rings. The lowest BCUT2D eigenvalue weighted by Crippen LogP contribution is -2.68. The number of hydrogen-bond donors (Lipinski definition) is 1. The molecule has 0 bridgehead atoms. The van der Waals surface area contributed by atoms with Crippen LogP contribution in [-0.2, 0) is 4.79 Å². The fourth-order valence-corrected chi connectivity index (χ4v) is 11.1. The van der Waals surface area contributed by atoms with Gasteiger partial charge < -0.3 is 5.11 Å². The number of carbonyl (C=O) groups is 1. The minimum Gasteiger partial charge on any atom is -0.393 e. The molecule has 0 amide bonds. The SMILES string of the molecule is CC1=CCC2(C)C(O)CC3(C)C(CCC4C5(C)CCC(=O)C(C)(C)C5CCC43C)C2C1C.